The lowest BCUT2D eigenvalue weighted by atomic mass is 9.78. The summed E-state index contributed by atoms with van der Waals surface area (Å²) in [5, 5.41) is 12.4. The molecule has 0 saturated carbocycles. The second kappa shape index (κ2) is 15.8. The summed E-state index contributed by atoms with van der Waals surface area (Å²) in [4.78, 5) is 61.3. The predicted molar refractivity (Wildman–Crippen MR) is 184 cm³/mol. The van der Waals surface area contributed by atoms with E-state index in [2.05, 4.69) is 35.8 Å². The van der Waals surface area contributed by atoms with Crippen LogP contribution in [0.15, 0.2) is 47.0 Å². The third kappa shape index (κ3) is 8.20. The van der Waals surface area contributed by atoms with Crippen molar-refractivity contribution in [3.05, 3.63) is 82.4 Å². The molecule has 4 aromatic rings. The number of benzene rings is 2. The number of alkyl halides is 3. The van der Waals surface area contributed by atoms with Gasteiger partial charge in [-0.1, -0.05) is 70.9 Å². The van der Waals surface area contributed by atoms with Crippen LogP contribution < -0.4 is 16.0 Å². The fourth-order valence-electron chi connectivity index (χ4n) is 6.62. The first-order valence-corrected chi connectivity index (χ1v) is 17.4. The van der Waals surface area contributed by atoms with E-state index in [0.29, 0.717) is 24.1 Å². The number of aromatic nitrogens is 3. The molecule has 2 heterocycles. The minimum atomic E-state index is -4.66. The van der Waals surface area contributed by atoms with Crippen molar-refractivity contribution in [2.24, 2.45) is 11.8 Å². The molecule has 3 amide bonds. The molecule has 16 heteroatoms. The van der Waals surface area contributed by atoms with Crippen LogP contribution in [0.1, 0.15) is 91.9 Å². The number of aromatic amines is 1. The van der Waals surface area contributed by atoms with Gasteiger partial charge in [0, 0.05) is 17.5 Å². The van der Waals surface area contributed by atoms with Crippen LogP contribution in [0.4, 0.5) is 17.6 Å². The van der Waals surface area contributed by atoms with Crippen molar-refractivity contribution in [1.29, 1.82) is 0 Å². The summed E-state index contributed by atoms with van der Waals surface area (Å²) in [5.41, 5.74) is -1.70. The molecule has 0 spiro atoms. The number of halogens is 4. The van der Waals surface area contributed by atoms with Crippen molar-refractivity contribution in [3.8, 4) is 0 Å². The smallest absolute Gasteiger partial charge is 0.418 e. The Hall–Kier alpha value is -5.28. The van der Waals surface area contributed by atoms with Gasteiger partial charge in [-0.25, -0.2) is 9.18 Å². The molecule has 4 N–H and O–H groups in total. The maximum atomic E-state index is 14.7. The summed E-state index contributed by atoms with van der Waals surface area (Å²) >= 11 is 0. The van der Waals surface area contributed by atoms with Crippen LogP contribution in [0.3, 0.4) is 0 Å². The summed E-state index contributed by atoms with van der Waals surface area (Å²) < 4.78 is 66.5. The fraction of sp³-hybridized carbons (Fsp3) is 0.459. The zero-order valence-corrected chi connectivity index (χ0v) is 29.9. The Morgan fingerprint density at radius 3 is 2.40 bits per heavy atom. The van der Waals surface area contributed by atoms with Crippen molar-refractivity contribution >= 4 is 34.6 Å². The van der Waals surface area contributed by atoms with Crippen molar-refractivity contribution < 1.29 is 46.0 Å². The van der Waals surface area contributed by atoms with Gasteiger partial charge in [-0.05, 0) is 53.1 Å². The molecule has 1 aliphatic carbocycles. The molecule has 2 aromatic carbocycles. The van der Waals surface area contributed by atoms with Gasteiger partial charge in [0.05, 0.1) is 24.6 Å². The van der Waals surface area contributed by atoms with E-state index in [0.717, 1.165) is 13.2 Å². The lowest BCUT2D eigenvalue weighted by Gasteiger charge is -2.39. The predicted octanol–water partition coefficient (Wildman–Crippen LogP) is 5.52. The van der Waals surface area contributed by atoms with Crippen molar-refractivity contribution in [3.63, 3.8) is 0 Å². The fourth-order valence-corrected chi connectivity index (χ4v) is 6.62. The first-order valence-electron chi connectivity index (χ1n) is 17.4. The molecule has 1 aliphatic rings. The van der Waals surface area contributed by atoms with Crippen LogP contribution in [-0.4, -0.2) is 57.5 Å². The van der Waals surface area contributed by atoms with Gasteiger partial charge >= 0.3 is 12.1 Å². The molecular formula is C37H42F4N6O6. The highest BCUT2D eigenvalue weighted by Crippen LogP contribution is 2.40. The van der Waals surface area contributed by atoms with Crippen LogP contribution >= 0.6 is 0 Å². The van der Waals surface area contributed by atoms with Crippen LogP contribution in [0, 0.1) is 17.7 Å². The van der Waals surface area contributed by atoms with Gasteiger partial charge in [0.25, 0.3) is 5.82 Å². The summed E-state index contributed by atoms with van der Waals surface area (Å²) in [6.07, 6.45) is -4.20. The number of carbonyl (C=O) groups excluding carboxylic acids is 4. The molecule has 284 valence electrons. The SMILES string of the molecule is CCC(C)[C@H](NC(=O)Cc1ccccc1F)C(=O)N[C@@]1(C(=O)N[C@H](c2nc(C(=O)OC)no2)C(C)CC)CCc2[nH]c3c(C(F)(F)F)cccc3c2C1. The number of ether oxygens (including phenoxy) is 1. The highest BCUT2D eigenvalue weighted by molar-refractivity contribution is 5.97. The maximum absolute atomic E-state index is 14.7. The van der Waals surface area contributed by atoms with Gasteiger partial charge in [-0.15, -0.1) is 0 Å². The van der Waals surface area contributed by atoms with E-state index in [9.17, 15) is 36.7 Å². The summed E-state index contributed by atoms with van der Waals surface area (Å²) in [5.74, 6) is -4.68. The Balaban J connectivity index is 1.53. The molecule has 0 aliphatic heterocycles. The second-order valence-corrected chi connectivity index (χ2v) is 13.5. The average Bonchev–Trinajstić information content (AvgIpc) is 3.77. The Morgan fingerprint density at radius 2 is 1.74 bits per heavy atom. The lowest BCUT2D eigenvalue weighted by Crippen LogP contribution is -2.65. The summed E-state index contributed by atoms with van der Waals surface area (Å²) in [7, 11) is 1.15. The number of methoxy groups -OCH3 is 1. The van der Waals surface area contributed by atoms with Gasteiger partial charge in [-0.3, -0.25) is 14.4 Å². The quantitative estimate of drug-likeness (QED) is 0.103. The first-order chi connectivity index (χ1) is 25.1. The zero-order valence-electron chi connectivity index (χ0n) is 29.9. The first kappa shape index (κ1) is 38.9. The van der Waals surface area contributed by atoms with Crippen LogP contribution in [0.25, 0.3) is 10.9 Å². The van der Waals surface area contributed by atoms with Crippen molar-refractivity contribution in [2.75, 3.05) is 7.11 Å². The largest absolute Gasteiger partial charge is 0.463 e. The number of esters is 1. The minimum absolute atomic E-state index is 0.0351. The number of rotatable bonds is 13. The van der Waals surface area contributed by atoms with Crippen molar-refractivity contribution in [1.82, 2.24) is 31.1 Å². The number of aryl methyl sites for hydroxylation is 1. The Morgan fingerprint density at radius 1 is 1.02 bits per heavy atom. The van der Waals surface area contributed by atoms with Crippen molar-refractivity contribution in [2.45, 2.75) is 90.0 Å². The van der Waals surface area contributed by atoms with E-state index in [1.54, 1.807) is 19.9 Å². The highest BCUT2D eigenvalue weighted by Gasteiger charge is 2.47. The number of amides is 3. The van der Waals surface area contributed by atoms with Gasteiger partial charge in [0.2, 0.25) is 23.6 Å². The Bertz CT molecular complexity index is 1990. The van der Waals surface area contributed by atoms with E-state index in [1.165, 1.54) is 30.3 Å². The molecule has 0 radical (unpaired) electrons. The number of fused-ring (bicyclic) bond motifs is 3. The molecule has 5 rings (SSSR count). The maximum Gasteiger partial charge on any atom is 0.418 e. The standard InChI is InChI=1S/C37H42F4N6O6/c1-6-19(3)28(43-27(48)17-21-11-8-9-14-25(21)38)32(49)46-36(35(51)44-29(20(4)7-2)33-45-31(47-53-33)34(50)52-5)16-15-26-23(18-36)22-12-10-13-24(30(22)42-26)37(39,40)41/h8-14,19-20,28-29,42H,6-7,15-18H2,1-5H3,(H,43,48)(H,44,51)(H,46,49)/t19?,20?,28-,29-,36-/m0/s1. The second-order valence-electron chi connectivity index (χ2n) is 13.5. The topological polar surface area (TPSA) is 168 Å². The zero-order chi connectivity index (χ0) is 38.7. The Labute approximate surface area is 302 Å². The molecular weight excluding hydrogens is 700 g/mol. The van der Waals surface area contributed by atoms with E-state index in [-0.39, 0.29) is 59.8 Å². The van der Waals surface area contributed by atoms with E-state index < -0.39 is 64.8 Å². The molecule has 2 aromatic heterocycles. The van der Waals surface area contributed by atoms with E-state index in [1.807, 2.05) is 13.8 Å². The van der Waals surface area contributed by atoms with Gasteiger partial charge < -0.3 is 30.2 Å². The molecule has 12 nitrogen and oxygen atoms in total. The third-order valence-electron chi connectivity index (χ3n) is 10.1. The van der Waals surface area contributed by atoms with E-state index >= 15 is 0 Å². The number of nitrogens with one attached hydrogen (secondary N) is 4. The van der Waals surface area contributed by atoms with Gasteiger partial charge in [-0.2, -0.15) is 18.2 Å². The number of H-pyrrole nitrogens is 1. The number of hydrogen-bond acceptors (Lipinski definition) is 8. The van der Waals surface area contributed by atoms with Gasteiger partial charge in [0.1, 0.15) is 23.4 Å². The number of nitrogens with zero attached hydrogens (tertiary/aromatic N) is 2. The molecule has 0 saturated heterocycles. The average molecular weight is 743 g/mol. The summed E-state index contributed by atoms with van der Waals surface area (Å²) in [6.45, 7) is 7.22. The summed E-state index contributed by atoms with van der Waals surface area (Å²) in [6, 6.07) is 7.44. The van der Waals surface area contributed by atoms with Crippen LogP contribution in [0.5, 0.6) is 0 Å². The monoisotopic (exact) mass is 742 g/mol. The number of hydrogen-bond donors (Lipinski definition) is 4. The normalized spacial score (nSPS) is 18.0. The Kier molecular flexibility index (Phi) is 11.6. The van der Waals surface area contributed by atoms with Gasteiger partial charge in [0.15, 0.2) is 0 Å². The molecule has 2 unspecified atom stereocenters. The third-order valence-corrected chi connectivity index (χ3v) is 10.1. The van der Waals surface area contributed by atoms with Crippen LogP contribution in [-0.2, 0) is 44.6 Å². The number of carbonyl (C=O) groups is 4. The number of para-hydroxylation sites is 1. The minimum Gasteiger partial charge on any atom is -0.463 e. The molecule has 53 heavy (non-hydrogen) atoms. The molecule has 0 bridgehead atoms. The van der Waals surface area contributed by atoms with Crippen LogP contribution in [0.2, 0.25) is 0 Å². The lowest BCUT2D eigenvalue weighted by molar-refractivity contribution is -0.137. The molecule has 5 atom stereocenters. The van der Waals surface area contributed by atoms with E-state index in [4.69, 9.17) is 4.52 Å². The molecule has 0 fully saturated rings. The highest BCUT2D eigenvalue weighted by atomic mass is 19.4.